The number of aliphatic hydroxyl groups is 3. The van der Waals surface area contributed by atoms with E-state index in [1.807, 2.05) is 6.07 Å². The molecule has 64 heavy (non-hydrogen) atoms. The monoisotopic (exact) mass is 890 g/mol. The molecule has 1 spiro atoms. The molecule has 13 heteroatoms. The normalized spacial score (nSPS) is 35.0. The molecule has 3 aliphatic heterocycles. The minimum atomic E-state index is -1.16. The third-order valence-electron chi connectivity index (χ3n) is 17.4. The number of ether oxygens (including phenoxy) is 3. The number of hydrogen-bond acceptors (Lipinski definition) is 12. The van der Waals surface area contributed by atoms with Crippen molar-refractivity contribution in [3.05, 3.63) is 23.3 Å². The molecule has 0 unspecified atom stereocenters. The topological polar surface area (TPSA) is 196 Å². The van der Waals surface area contributed by atoms with Crippen LogP contribution < -0.4 is 20.7 Å². The number of carbonyl (C=O) groups is 3. The predicted octanol–water partition coefficient (Wildman–Crippen LogP) is 5.35. The Balaban J connectivity index is 1.33. The Morgan fingerprint density at radius 1 is 1.03 bits per heavy atom. The first-order chi connectivity index (χ1) is 30.8. The Kier molecular flexibility index (Phi) is 14.6. The second-order valence-corrected chi connectivity index (χ2v) is 21.1. The number of aliphatic hydroxyl groups excluding tert-OH is 3. The number of likely N-dealkylation sites (N-methyl/N-ethyl adjacent to an activating group) is 1. The van der Waals surface area contributed by atoms with Gasteiger partial charge in [-0.2, -0.15) is 0 Å². The van der Waals surface area contributed by atoms with Gasteiger partial charge in [-0.3, -0.25) is 9.59 Å². The van der Waals surface area contributed by atoms with Crippen molar-refractivity contribution in [1.82, 2.24) is 16.0 Å². The zero-order chi connectivity index (χ0) is 45.2. The summed E-state index contributed by atoms with van der Waals surface area (Å²) in [5, 5.41) is 54.7. The van der Waals surface area contributed by atoms with E-state index in [9.17, 15) is 30.0 Å². The van der Waals surface area contributed by atoms with Crippen molar-refractivity contribution >= 4 is 17.8 Å². The van der Waals surface area contributed by atoms with Crippen LogP contribution in [0.15, 0.2) is 12.1 Å². The summed E-state index contributed by atoms with van der Waals surface area (Å²) in [6.45, 7) is 5.32. The Bertz CT molecular complexity index is 1900. The number of phenols is 1. The lowest BCUT2D eigenvalue weighted by Gasteiger charge is -2.56. The fourth-order valence-electron chi connectivity index (χ4n) is 14.4. The van der Waals surface area contributed by atoms with E-state index in [-0.39, 0.29) is 71.5 Å². The molecule has 7 N–H and O–H groups in total. The summed E-state index contributed by atoms with van der Waals surface area (Å²) >= 11 is 0. The average Bonchev–Trinajstić information content (AvgIpc) is 3.76. The molecule has 4 aliphatic carbocycles. The molecular weight excluding hydrogens is 815 g/mol. The highest BCUT2D eigenvalue weighted by Crippen LogP contribution is 2.65. The molecule has 2 saturated carbocycles. The lowest BCUT2D eigenvalue weighted by molar-refractivity contribution is -0.183. The first kappa shape index (κ1) is 47.1. The van der Waals surface area contributed by atoms with Crippen molar-refractivity contribution in [2.24, 2.45) is 40.4 Å². The molecule has 0 radical (unpaired) electrons. The highest BCUT2D eigenvalue weighted by Gasteiger charge is 2.60. The summed E-state index contributed by atoms with van der Waals surface area (Å²) in [7, 11) is 1.80. The Hall–Kier alpha value is -3.41. The summed E-state index contributed by atoms with van der Waals surface area (Å²) in [5.41, 5.74) is -0.219. The molecule has 0 aromatic heterocycles. The van der Waals surface area contributed by atoms with Gasteiger partial charge in [0.2, 0.25) is 5.91 Å². The maximum atomic E-state index is 15.5. The van der Waals surface area contributed by atoms with Crippen molar-refractivity contribution in [3.8, 4) is 23.3 Å². The molecule has 2 saturated heterocycles. The zero-order valence-corrected chi connectivity index (χ0v) is 38.5. The Morgan fingerprint density at radius 3 is 2.52 bits per heavy atom. The van der Waals surface area contributed by atoms with E-state index in [2.05, 4.69) is 27.8 Å². The maximum Gasteiger partial charge on any atom is 0.332 e. The van der Waals surface area contributed by atoms with Gasteiger partial charge in [0.25, 0.3) is 0 Å². The lowest BCUT2D eigenvalue weighted by atomic mass is 9.51. The number of piperidine rings is 2. The summed E-state index contributed by atoms with van der Waals surface area (Å²) in [5.74, 6) is 5.93. The lowest BCUT2D eigenvalue weighted by Crippen LogP contribution is -2.65. The maximum absolute atomic E-state index is 15.5. The van der Waals surface area contributed by atoms with Crippen molar-refractivity contribution in [3.63, 3.8) is 0 Å². The molecule has 7 aliphatic rings. The van der Waals surface area contributed by atoms with Crippen LogP contribution in [0, 0.1) is 52.3 Å². The van der Waals surface area contributed by atoms with Crippen molar-refractivity contribution in [2.45, 2.75) is 171 Å². The standard InChI is InChI=1S/C51H75N3O10/c1-31(56)25-33-9-8-10-34-26-39-40(49(30-55)18-6-7-19-49)29-62-47-41(59)16-15-38(45(39)47)46(34)50(21-23-53-24-22-50)43(27-42(63-32(2)57)37(33)14-13-36(58)28-52-3)64-48(61)51-20-5-4-11-35(51)12-17-44(60)54-51/h15-16,31,33-37,39-40,42-43,46,52-53,55-56,58-59H,4-7,9,11-14,17-30H2,1-3H3,(H,54,60)/t31-,33-,34+,35+,36+,37-,39-,40+,42-,43+,46+,51+/m0/s1. The van der Waals surface area contributed by atoms with Crippen molar-refractivity contribution < 1.29 is 49.0 Å². The predicted molar refractivity (Wildman–Crippen MR) is 240 cm³/mol. The molecule has 3 heterocycles. The third kappa shape index (κ3) is 9.04. The zero-order valence-electron chi connectivity index (χ0n) is 38.5. The SMILES string of the molecule is CNC[C@H](O)CC[C@H]1[C@H](C[C@H](C)O)CC#C[C@@H]2C[C@@H]3c4c(ccc(O)c4OC[C@H]3C3(CO)CCCC3)[C@@H]2C2(CCNCC2)[C@H](OC(=O)[C@@]23CCCC[C@@H]2CCC(=O)N3)C[C@@H]1OC(C)=O. The summed E-state index contributed by atoms with van der Waals surface area (Å²) in [4.78, 5) is 42.1. The Morgan fingerprint density at radius 2 is 1.80 bits per heavy atom. The van der Waals surface area contributed by atoms with E-state index in [1.54, 1.807) is 20.0 Å². The molecular formula is C51H75N3O10. The molecule has 1 amide bonds. The van der Waals surface area contributed by atoms with Crippen LogP contribution in [0.1, 0.15) is 152 Å². The van der Waals surface area contributed by atoms with E-state index in [1.165, 1.54) is 6.92 Å². The molecule has 8 rings (SSSR count). The smallest absolute Gasteiger partial charge is 0.332 e. The number of aromatic hydroxyl groups is 1. The molecule has 0 bridgehead atoms. The van der Waals surface area contributed by atoms with Crippen molar-refractivity contribution in [1.29, 1.82) is 0 Å². The van der Waals surface area contributed by atoms with Crippen LogP contribution in [0.25, 0.3) is 0 Å². The van der Waals surface area contributed by atoms with Crippen LogP contribution in [0.4, 0.5) is 0 Å². The van der Waals surface area contributed by atoms with Gasteiger partial charge in [-0.15, -0.1) is 5.92 Å². The highest BCUT2D eigenvalue weighted by atomic mass is 16.6. The number of nitrogens with one attached hydrogen (secondary N) is 3. The number of carbonyl (C=O) groups excluding carboxylic acids is 3. The molecule has 13 nitrogen and oxygen atoms in total. The minimum Gasteiger partial charge on any atom is -0.504 e. The van der Waals surface area contributed by atoms with E-state index in [4.69, 9.17) is 14.2 Å². The van der Waals surface area contributed by atoms with E-state index in [0.29, 0.717) is 96.2 Å². The van der Waals surface area contributed by atoms with Gasteiger partial charge in [0.15, 0.2) is 11.5 Å². The van der Waals surface area contributed by atoms with Gasteiger partial charge in [-0.05, 0) is 127 Å². The minimum absolute atomic E-state index is 0.00795. The highest BCUT2D eigenvalue weighted by molar-refractivity contribution is 5.90. The van der Waals surface area contributed by atoms with Gasteiger partial charge in [0.1, 0.15) is 17.7 Å². The number of amides is 1. The summed E-state index contributed by atoms with van der Waals surface area (Å²) in [6.07, 6.45) is 8.93. The Labute approximate surface area is 379 Å². The molecule has 1 aromatic carbocycles. The van der Waals surface area contributed by atoms with Gasteiger partial charge in [0.05, 0.1) is 18.8 Å². The fraction of sp³-hybridized carbons (Fsp3) is 0.784. The van der Waals surface area contributed by atoms with Crippen LogP contribution in [0.3, 0.4) is 0 Å². The van der Waals surface area contributed by atoms with E-state index in [0.717, 1.165) is 56.1 Å². The number of rotatable bonds is 12. The number of fused-ring (bicyclic) bond motifs is 4. The molecule has 4 fully saturated rings. The summed E-state index contributed by atoms with van der Waals surface area (Å²) in [6, 6.07) is 3.77. The summed E-state index contributed by atoms with van der Waals surface area (Å²) < 4.78 is 20.3. The first-order valence-electron chi connectivity index (χ1n) is 24.8. The fourth-order valence-corrected chi connectivity index (χ4v) is 14.4. The van der Waals surface area contributed by atoms with Crippen molar-refractivity contribution in [2.75, 3.05) is 39.9 Å². The molecule has 12 atom stereocenters. The van der Waals surface area contributed by atoms with Gasteiger partial charge in [-0.25, -0.2) is 4.79 Å². The van der Waals surface area contributed by atoms with Gasteiger partial charge < -0.3 is 50.6 Å². The van der Waals surface area contributed by atoms with Crippen LogP contribution in [0.5, 0.6) is 11.5 Å². The van der Waals surface area contributed by atoms with Gasteiger partial charge in [-0.1, -0.05) is 37.7 Å². The number of benzene rings is 1. The van der Waals surface area contributed by atoms with Crippen LogP contribution in [-0.2, 0) is 23.9 Å². The largest absolute Gasteiger partial charge is 0.504 e. The first-order valence-corrected chi connectivity index (χ1v) is 24.8. The number of hydrogen-bond donors (Lipinski definition) is 7. The molecule has 1 aromatic rings. The van der Waals surface area contributed by atoms with Crippen LogP contribution in [-0.4, -0.2) is 108 Å². The number of esters is 2. The molecule has 354 valence electrons. The quantitative estimate of drug-likeness (QED) is 0.105. The second kappa shape index (κ2) is 19.8. The average molecular weight is 890 g/mol. The second-order valence-electron chi connectivity index (χ2n) is 21.1. The third-order valence-corrected chi connectivity index (χ3v) is 17.4. The van der Waals surface area contributed by atoms with Gasteiger partial charge in [0, 0.05) is 79.4 Å². The van der Waals surface area contributed by atoms with E-state index >= 15 is 4.79 Å². The van der Waals surface area contributed by atoms with E-state index < -0.39 is 47.3 Å². The van der Waals surface area contributed by atoms with Crippen LogP contribution >= 0.6 is 0 Å². The van der Waals surface area contributed by atoms with Gasteiger partial charge >= 0.3 is 11.9 Å². The number of phenolic OH excluding ortho intramolecular Hbond substituents is 1. The van der Waals surface area contributed by atoms with Crippen LogP contribution in [0.2, 0.25) is 0 Å².